The van der Waals surface area contributed by atoms with Crippen LogP contribution in [0.25, 0.3) is 27.6 Å². The molecule has 2 aromatic heterocycles. The van der Waals surface area contributed by atoms with Gasteiger partial charge in [-0.05, 0) is 42.5 Å². The number of hydrogen-bond acceptors (Lipinski definition) is 4. The van der Waals surface area contributed by atoms with Gasteiger partial charge in [-0.15, -0.1) is 0 Å². The monoisotopic (exact) mass is 418 g/mol. The van der Waals surface area contributed by atoms with Crippen molar-refractivity contribution in [3.8, 4) is 0 Å². The molecule has 0 radical (unpaired) electrons. The highest BCUT2D eigenvalue weighted by molar-refractivity contribution is 7.99. The van der Waals surface area contributed by atoms with Gasteiger partial charge in [-0.3, -0.25) is 9.20 Å². The number of fused-ring (bicyclic) bond motifs is 5. The average molecular weight is 419 g/mol. The van der Waals surface area contributed by atoms with E-state index in [1.165, 1.54) is 11.8 Å². The first-order valence-electron chi connectivity index (χ1n) is 9.03. The van der Waals surface area contributed by atoms with E-state index in [0.29, 0.717) is 10.7 Å². The third-order valence-corrected chi connectivity index (χ3v) is 5.73. The van der Waals surface area contributed by atoms with Gasteiger partial charge in [0.2, 0.25) is 5.91 Å². The van der Waals surface area contributed by atoms with Gasteiger partial charge in [-0.1, -0.05) is 53.7 Å². The van der Waals surface area contributed by atoms with Crippen LogP contribution in [0.3, 0.4) is 0 Å². The van der Waals surface area contributed by atoms with E-state index in [0.717, 1.165) is 32.7 Å². The summed E-state index contributed by atoms with van der Waals surface area (Å²) in [4.78, 5) is 22.1. The molecule has 1 amide bonds. The summed E-state index contributed by atoms with van der Waals surface area (Å²) in [5.74, 6) is 0.101. The molecule has 7 heteroatoms. The summed E-state index contributed by atoms with van der Waals surface area (Å²) in [7, 11) is 0. The van der Waals surface area contributed by atoms with Gasteiger partial charge in [0.05, 0.1) is 22.3 Å². The number of rotatable bonds is 4. The van der Waals surface area contributed by atoms with Crippen molar-refractivity contribution in [1.29, 1.82) is 0 Å². The summed E-state index contributed by atoms with van der Waals surface area (Å²) >= 11 is 7.37. The highest BCUT2D eigenvalue weighted by Crippen LogP contribution is 2.29. The number of anilines is 1. The van der Waals surface area contributed by atoms with Gasteiger partial charge < -0.3 is 5.32 Å². The molecule has 0 saturated heterocycles. The van der Waals surface area contributed by atoms with E-state index in [-0.39, 0.29) is 11.7 Å². The lowest BCUT2D eigenvalue weighted by molar-refractivity contribution is -0.113. The average Bonchev–Trinajstić information content (AvgIpc) is 3.12. The van der Waals surface area contributed by atoms with Crippen LogP contribution in [0.4, 0.5) is 5.69 Å². The van der Waals surface area contributed by atoms with Gasteiger partial charge in [0.25, 0.3) is 0 Å². The zero-order valence-electron chi connectivity index (χ0n) is 15.2. The van der Waals surface area contributed by atoms with Gasteiger partial charge in [0.1, 0.15) is 5.65 Å². The zero-order chi connectivity index (χ0) is 19.8. The van der Waals surface area contributed by atoms with Crippen molar-refractivity contribution in [2.45, 2.75) is 5.16 Å². The Labute approximate surface area is 175 Å². The summed E-state index contributed by atoms with van der Waals surface area (Å²) in [5.41, 5.74) is 4.24. The van der Waals surface area contributed by atoms with Crippen molar-refractivity contribution in [3.63, 3.8) is 0 Å². The van der Waals surface area contributed by atoms with Crippen molar-refractivity contribution < 1.29 is 4.79 Å². The second-order valence-electron chi connectivity index (χ2n) is 6.52. The van der Waals surface area contributed by atoms with Gasteiger partial charge >= 0.3 is 0 Å². The highest BCUT2D eigenvalue weighted by Gasteiger charge is 2.15. The number of para-hydroxylation sites is 3. The highest BCUT2D eigenvalue weighted by atomic mass is 35.5. The van der Waals surface area contributed by atoms with Crippen molar-refractivity contribution in [1.82, 2.24) is 14.4 Å². The first kappa shape index (κ1) is 18.0. The summed E-state index contributed by atoms with van der Waals surface area (Å²) in [5, 5.41) is 5.17. The molecule has 0 fully saturated rings. The molecule has 0 aliphatic heterocycles. The van der Waals surface area contributed by atoms with Crippen molar-refractivity contribution >= 4 is 62.5 Å². The van der Waals surface area contributed by atoms with Crippen molar-refractivity contribution in [2.75, 3.05) is 11.1 Å². The predicted molar refractivity (Wildman–Crippen MR) is 119 cm³/mol. The smallest absolute Gasteiger partial charge is 0.234 e. The van der Waals surface area contributed by atoms with E-state index in [2.05, 4.69) is 5.32 Å². The molecule has 0 unspecified atom stereocenters. The third-order valence-electron chi connectivity index (χ3n) is 4.55. The molecule has 0 bridgehead atoms. The molecule has 0 spiro atoms. The van der Waals surface area contributed by atoms with E-state index in [9.17, 15) is 4.79 Å². The molecule has 0 aliphatic rings. The first-order chi connectivity index (χ1) is 14.2. The number of aromatic nitrogens is 3. The molecular formula is C22H15ClN4OS. The summed E-state index contributed by atoms with van der Waals surface area (Å²) in [6, 6.07) is 23.0. The van der Waals surface area contributed by atoms with Crippen LogP contribution in [0.2, 0.25) is 5.02 Å². The maximum atomic E-state index is 12.5. The minimum Gasteiger partial charge on any atom is -0.325 e. The number of carbonyl (C=O) groups excluding carboxylic acids is 1. The number of amides is 1. The Morgan fingerprint density at radius 1 is 0.966 bits per heavy atom. The van der Waals surface area contributed by atoms with Crippen molar-refractivity contribution in [3.05, 3.63) is 77.8 Å². The summed E-state index contributed by atoms with van der Waals surface area (Å²) in [6.45, 7) is 0. The minimum absolute atomic E-state index is 0.121. The number of nitrogens with one attached hydrogen (secondary N) is 1. The Hall–Kier alpha value is -3.09. The van der Waals surface area contributed by atoms with E-state index in [1.54, 1.807) is 18.2 Å². The Kier molecular flexibility index (Phi) is 4.58. The van der Waals surface area contributed by atoms with Crippen LogP contribution in [-0.2, 0) is 4.79 Å². The zero-order valence-corrected chi connectivity index (χ0v) is 16.7. The number of halogens is 1. The maximum Gasteiger partial charge on any atom is 0.234 e. The minimum atomic E-state index is -0.121. The van der Waals surface area contributed by atoms with E-state index >= 15 is 0 Å². The maximum absolute atomic E-state index is 12.5. The summed E-state index contributed by atoms with van der Waals surface area (Å²) < 4.78 is 2.02. The molecule has 0 aliphatic carbocycles. The van der Waals surface area contributed by atoms with E-state index in [4.69, 9.17) is 21.6 Å². The number of imidazole rings is 1. The molecule has 2 heterocycles. The van der Waals surface area contributed by atoms with Gasteiger partial charge in [-0.2, -0.15) is 0 Å². The number of thioether (sulfide) groups is 1. The van der Waals surface area contributed by atoms with Gasteiger partial charge in [0, 0.05) is 16.1 Å². The molecule has 3 aromatic carbocycles. The Morgan fingerprint density at radius 3 is 2.62 bits per heavy atom. The lowest BCUT2D eigenvalue weighted by atomic mass is 10.2. The fourth-order valence-electron chi connectivity index (χ4n) is 3.30. The molecule has 29 heavy (non-hydrogen) atoms. The Bertz CT molecular complexity index is 1380. The third kappa shape index (κ3) is 3.41. The molecule has 5 nitrogen and oxygen atoms in total. The second kappa shape index (κ2) is 7.39. The first-order valence-corrected chi connectivity index (χ1v) is 10.4. The SMILES string of the molecule is O=C(CSc1nc2ccccc2c2nc3ccccc3n12)Nc1cccc(Cl)c1. The number of benzene rings is 3. The number of carbonyl (C=O) groups is 1. The lowest BCUT2D eigenvalue weighted by Gasteiger charge is -2.09. The number of hydrogen-bond donors (Lipinski definition) is 1. The quantitative estimate of drug-likeness (QED) is 0.312. The molecular weight excluding hydrogens is 404 g/mol. The van der Waals surface area contributed by atoms with Crippen LogP contribution in [0.15, 0.2) is 78.0 Å². The van der Waals surface area contributed by atoms with Crippen LogP contribution in [0.5, 0.6) is 0 Å². The lowest BCUT2D eigenvalue weighted by Crippen LogP contribution is -2.14. The normalized spacial score (nSPS) is 11.3. The molecule has 5 aromatic rings. The predicted octanol–water partition coefficient (Wildman–Crippen LogP) is 5.42. The summed E-state index contributed by atoms with van der Waals surface area (Å²) in [6.07, 6.45) is 0. The van der Waals surface area contributed by atoms with Crippen LogP contribution in [0.1, 0.15) is 0 Å². The standard InChI is InChI=1S/C22H15ClN4OS/c23-14-6-5-7-15(12-14)24-20(28)13-29-22-26-17-9-2-1-8-16(17)21-25-18-10-3-4-11-19(18)27(21)22/h1-12H,13H2,(H,24,28). The Balaban J connectivity index is 1.52. The van der Waals surface area contributed by atoms with Crippen LogP contribution < -0.4 is 5.32 Å². The van der Waals surface area contributed by atoms with Crippen LogP contribution >= 0.6 is 23.4 Å². The topological polar surface area (TPSA) is 59.3 Å². The fourth-order valence-corrected chi connectivity index (χ4v) is 4.30. The largest absolute Gasteiger partial charge is 0.325 e. The molecule has 0 atom stereocenters. The van der Waals surface area contributed by atoms with Gasteiger partial charge in [0.15, 0.2) is 5.16 Å². The van der Waals surface area contributed by atoms with Crippen LogP contribution in [0, 0.1) is 0 Å². The number of nitrogens with zero attached hydrogens (tertiary/aromatic N) is 3. The van der Waals surface area contributed by atoms with E-state index in [1.807, 2.05) is 59.0 Å². The van der Waals surface area contributed by atoms with Gasteiger partial charge in [-0.25, -0.2) is 9.97 Å². The van der Waals surface area contributed by atoms with E-state index < -0.39 is 0 Å². The Morgan fingerprint density at radius 2 is 1.76 bits per heavy atom. The van der Waals surface area contributed by atoms with Crippen LogP contribution in [-0.4, -0.2) is 26.0 Å². The fraction of sp³-hybridized carbons (Fsp3) is 0.0455. The molecule has 1 N–H and O–H groups in total. The second-order valence-corrected chi connectivity index (χ2v) is 7.90. The molecule has 142 valence electrons. The molecule has 5 rings (SSSR count). The van der Waals surface area contributed by atoms with Crippen molar-refractivity contribution in [2.24, 2.45) is 0 Å². The molecule has 0 saturated carbocycles.